The van der Waals surface area contributed by atoms with Crippen molar-refractivity contribution in [3.8, 4) is 0 Å². The number of aromatic nitrogens is 1. The normalized spacial score (nSPS) is 13.2. The van der Waals surface area contributed by atoms with Gasteiger partial charge in [0.25, 0.3) is 0 Å². The molecular formula is C23H26ClN3O2S. The van der Waals surface area contributed by atoms with Crippen LogP contribution in [-0.2, 0) is 22.4 Å². The van der Waals surface area contributed by atoms with Crippen molar-refractivity contribution in [3.05, 3.63) is 64.1 Å². The van der Waals surface area contributed by atoms with Crippen LogP contribution in [0.5, 0.6) is 0 Å². The molecule has 0 spiro atoms. The Bertz CT molecular complexity index is 1010. The van der Waals surface area contributed by atoms with Crippen molar-refractivity contribution in [2.75, 3.05) is 6.54 Å². The number of hydrogen-bond donors (Lipinski definition) is 2. The van der Waals surface area contributed by atoms with E-state index in [0.717, 1.165) is 20.8 Å². The molecule has 0 bridgehead atoms. The Hall–Kier alpha value is -2.28. The van der Waals surface area contributed by atoms with Crippen LogP contribution in [0.15, 0.2) is 48.5 Å². The lowest BCUT2D eigenvalue weighted by Crippen LogP contribution is -2.45. The molecule has 0 fully saturated rings. The summed E-state index contributed by atoms with van der Waals surface area (Å²) in [6.45, 7) is 2.14. The second kappa shape index (κ2) is 10.7. The van der Waals surface area contributed by atoms with Gasteiger partial charge in [-0.1, -0.05) is 48.9 Å². The second-order valence-corrected chi connectivity index (χ2v) is 8.90. The fourth-order valence-corrected chi connectivity index (χ4v) is 4.66. The summed E-state index contributed by atoms with van der Waals surface area (Å²) >= 11 is 7.58. The number of carbonyl (C=O) groups is 2. The van der Waals surface area contributed by atoms with E-state index in [0.29, 0.717) is 30.8 Å². The fraction of sp³-hybridized carbons (Fsp3) is 0.348. The van der Waals surface area contributed by atoms with Crippen molar-refractivity contribution < 1.29 is 9.59 Å². The average Bonchev–Trinajstić information content (AvgIpc) is 3.14. The molecule has 7 heteroatoms. The van der Waals surface area contributed by atoms with Gasteiger partial charge in [-0.3, -0.25) is 9.59 Å². The molecule has 3 aromatic rings. The summed E-state index contributed by atoms with van der Waals surface area (Å²) in [5, 5.41) is 4.52. The van der Waals surface area contributed by atoms with Crippen LogP contribution in [0, 0.1) is 5.92 Å². The number of fused-ring (bicyclic) bond motifs is 1. The molecule has 158 valence electrons. The van der Waals surface area contributed by atoms with E-state index in [2.05, 4.69) is 10.3 Å². The number of benzene rings is 2. The van der Waals surface area contributed by atoms with Crippen molar-refractivity contribution in [2.45, 2.75) is 38.6 Å². The molecule has 0 aliphatic rings. The molecule has 2 aromatic carbocycles. The maximum atomic E-state index is 13.1. The SMILES string of the molecule is CCC(=O)C[C@@H](Cc1nc2ccc(Cl)cc2s1)C(=O)N[C@@H](CN)Cc1ccccc1. The van der Waals surface area contributed by atoms with Gasteiger partial charge in [0.05, 0.1) is 21.1 Å². The highest BCUT2D eigenvalue weighted by Gasteiger charge is 2.25. The number of rotatable bonds is 10. The summed E-state index contributed by atoms with van der Waals surface area (Å²) in [6, 6.07) is 15.3. The topological polar surface area (TPSA) is 85.1 Å². The number of carbonyl (C=O) groups excluding carboxylic acids is 2. The Morgan fingerprint density at radius 1 is 1.17 bits per heavy atom. The molecule has 0 aliphatic carbocycles. The number of nitrogens with zero attached hydrogens (tertiary/aromatic N) is 1. The standard InChI is InChI=1S/C23H26ClN3O2S/c1-2-19(28)11-16(12-22-27-20-9-8-17(24)13-21(20)30-22)23(29)26-18(14-25)10-15-6-4-3-5-7-15/h3-9,13,16,18H,2,10-12,14,25H2,1H3,(H,26,29)/t16-,18+/m0/s1. The van der Waals surface area contributed by atoms with Gasteiger partial charge < -0.3 is 11.1 Å². The van der Waals surface area contributed by atoms with Crippen LogP contribution >= 0.6 is 22.9 Å². The highest BCUT2D eigenvalue weighted by atomic mass is 35.5. The summed E-state index contributed by atoms with van der Waals surface area (Å²) in [7, 11) is 0. The molecule has 0 unspecified atom stereocenters. The molecule has 5 nitrogen and oxygen atoms in total. The largest absolute Gasteiger partial charge is 0.352 e. The molecule has 1 aromatic heterocycles. The van der Waals surface area contributed by atoms with Crippen LogP contribution in [-0.4, -0.2) is 29.3 Å². The molecule has 0 aliphatic heterocycles. The van der Waals surface area contributed by atoms with Gasteiger partial charge in [-0.2, -0.15) is 0 Å². The second-order valence-electron chi connectivity index (χ2n) is 7.35. The Labute approximate surface area is 185 Å². The summed E-state index contributed by atoms with van der Waals surface area (Å²) in [5.41, 5.74) is 7.87. The van der Waals surface area contributed by atoms with Crippen molar-refractivity contribution in [1.82, 2.24) is 10.3 Å². The zero-order valence-corrected chi connectivity index (χ0v) is 18.5. The van der Waals surface area contributed by atoms with Crippen molar-refractivity contribution in [2.24, 2.45) is 11.7 Å². The van der Waals surface area contributed by atoms with Gasteiger partial charge in [0.1, 0.15) is 5.78 Å². The van der Waals surface area contributed by atoms with Gasteiger partial charge >= 0.3 is 0 Å². The number of nitrogens with two attached hydrogens (primary N) is 1. The van der Waals surface area contributed by atoms with Crippen molar-refractivity contribution in [3.63, 3.8) is 0 Å². The van der Waals surface area contributed by atoms with E-state index in [1.165, 1.54) is 11.3 Å². The third-order valence-electron chi connectivity index (χ3n) is 5.01. The number of nitrogens with one attached hydrogen (secondary N) is 1. The maximum Gasteiger partial charge on any atom is 0.224 e. The maximum absolute atomic E-state index is 13.1. The van der Waals surface area contributed by atoms with E-state index in [1.807, 2.05) is 49.4 Å². The monoisotopic (exact) mass is 443 g/mol. The van der Waals surface area contributed by atoms with E-state index in [-0.39, 0.29) is 24.2 Å². The third kappa shape index (κ3) is 6.11. The van der Waals surface area contributed by atoms with Crippen LogP contribution in [0.2, 0.25) is 5.02 Å². The first-order chi connectivity index (χ1) is 14.5. The summed E-state index contributed by atoms with van der Waals surface area (Å²) in [6.07, 6.45) is 1.67. The van der Waals surface area contributed by atoms with Gasteiger partial charge in [-0.15, -0.1) is 11.3 Å². The first-order valence-corrected chi connectivity index (χ1v) is 11.3. The van der Waals surface area contributed by atoms with Gasteiger partial charge in [0, 0.05) is 36.9 Å². The lowest BCUT2D eigenvalue weighted by Gasteiger charge is -2.21. The van der Waals surface area contributed by atoms with Crippen LogP contribution in [0.25, 0.3) is 10.2 Å². The molecule has 30 heavy (non-hydrogen) atoms. The Morgan fingerprint density at radius 2 is 1.93 bits per heavy atom. The first-order valence-electron chi connectivity index (χ1n) is 10.1. The summed E-state index contributed by atoms with van der Waals surface area (Å²) < 4.78 is 0.974. The number of hydrogen-bond acceptors (Lipinski definition) is 5. The quantitative estimate of drug-likeness (QED) is 0.492. The highest BCUT2D eigenvalue weighted by Crippen LogP contribution is 2.27. The summed E-state index contributed by atoms with van der Waals surface area (Å²) in [5.74, 6) is -0.564. The molecule has 0 saturated heterocycles. The van der Waals surface area contributed by atoms with Crippen molar-refractivity contribution >= 4 is 44.8 Å². The predicted molar refractivity (Wildman–Crippen MR) is 123 cm³/mol. The van der Waals surface area contributed by atoms with Gasteiger partial charge in [-0.25, -0.2) is 4.98 Å². The van der Waals surface area contributed by atoms with Crippen LogP contribution in [0.3, 0.4) is 0 Å². The Balaban J connectivity index is 1.73. The van der Waals surface area contributed by atoms with E-state index < -0.39 is 5.92 Å². The molecule has 3 N–H and O–H groups in total. The number of halogens is 1. The summed E-state index contributed by atoms with van der Waals surface area (Å²) in [4.78, 5) is 29.8. The van der Waals surface area contributed by atoms with Gasteiger partial charge in [0.15, 0.2) is 0 Å². The fourth-order valence-electron chi connectivity index (χ4n) is 3.33. The minimum Gasteiger partial charge on any atom is -0.352 e. The van der Waals surface area contributed by atoms with Gasteiger partial charge in [-0.05, 0) is 30.2 Å². The molecule has 1 amide bonds. The first kappa shape index (κ1) is 22.4. The molecular weight excluding hydrogens is 418 g/mol. The molecule has 0 radical (unpaired) electrons. The number of thiazole rings is 1. The van der Waals surface area contributed by atoms with E-state index >= 15 is 0 Å². The molecule has 0 saturated carbocycles. The molecule has 2 atom stereocenters. The van der Waals surface area contributed by atoms with Gasteiger partial charge in [0.2, 0.25) is 5.91 Å². The molecule has 1 heterocycles. The number of Topliss-reactive ketones (excluding diaryl/α,β-unsaturated/α-hetero) is 1. The van der Waals surface area contributed by atoms with Crippen LogP contribution < -0.4 is 11.1 Å². The Morgan fingerprint density at radius 3 is 2.63 bits per heavy atom. The zero-order chi connectivity index (χ0) is 21.5. The van der Waals surface area contributed by atoms with Crippen molar-refractivity contribution in [1.29, 1.82) is 0 Å². The van der Waals surface area contributed by atoms with Crippen LogP contribution in [0.4, 0.5) is 0 Å². The van der Waals surface area contributed by atoms with E-state index in [9.17, 15) is 9.59 Å². The molecule has 3 rings (SSSR count). The number of ketones is 1. The highest BCUT2D eigenvalue weighted by molar-refractivity contribution is 7.18. The lowest BCUT2D eigenvalue weighted by atomic mass is 9.96. The van der Waals surface area contributed by atoms with Crippen LogP contribution in [0.1, 0.15) is 30.3 Å². The number of amides is 1. The smallest absolute Gasteiger partial charge is 0.224 e. The van der Waals surface area contributed by atoms with E-state index in [1.54, 1.807) is 6.07 Å². The lowest BCUT2D eigenvalue weighted by molar-refractivity contribution is -0.129. The zero-order valence-electron chi connectivity index (χ0n) is 16.9. The minimum absolute atomic E-state index is 0.0617. The van der Waals surface area contributed by atoms with E-state index in [4.69, 9.17) is 17.3 Å². The minimum atomic E-state index is -0.474. The third-order valence-corrected chi connectivity index (χ3v) is 6.29. The average molecular weight is 444 g/mol. The predicted octanol–water partition coefficient (Wildman–Crippen LogP) is 4.16. The Kier molecular flexibility index (Phi) is 7.96.